The average molecular weight is 312 g/mol. The molecule has 1 aromatic carbocycles. The third-order valence-electron chi connectivity index (χ3n) is 3.53. The van der Waals surface area contributed by atoms with E-state index in [1.54, 1.807) is 0 Å². The predicted octanol–water partition coefficient (Wildman–Crippen LogP) is 3.74. The Morgan fingerprint density at radius 2 is 1.94 bits per heavy atom. The number of hydrogen-bond donors (Lipinski definition) is 1. The zero-order chi connectivity index (χ0) is 13.0. The summed E-state index contributed by atoms with van der Waals surface area (Å²) in [5.41, 5.74) is 0.390. The number of esters is 1. The van der Waals surface area contributed by atoms with E-state index in [1.165, 1.54) is 13.5 Å². The maximum absolute atomic E-state index is 12.1. The van der Waals surface area contributed by atoms with Crippen LogP contribution < -0.4 is 5.32 Å². The van der Waals surface area contributed by atoms with Crippen LogP contribution in [0, 0.1) is 0 Å². The second-order valence-corrected chi connectivity index (χ2v) is 5.59. The van der Waals surface area contributed by atoms with Gasteiger partial charge in [-0.15, -0.1) is 0 Å². The van der Waals surface area contributed by atoms with E-state index in [-0.39, 0.29) is 5.97 Å². The molecule has 0 unspecified atom stereocenters. The van der Waals surface area contributed by atoms with Gasteiger partial charge in [0.1, 0.15) is 5.54 Å². The fraction of sp³-hybridized carbons (Fsp3) is 0.500. The normalized spacial score (nSPS) is 18.1. The Kier molecular flexibility index (Phi) is 4.27. The second kappa shape index (κ2) is 5.74. The van der Waals surface area contributed by atoms with Gasteiger partial charge in [-0.25, -0.2) is 4.79 Å². The number of halogens is 1. The molecule has 98 valence electrons. The first-order valence-corrected chi connectivity index (χ1v) is 7.08. The fourth-order valence-electron chi connectivity index (χ4n) is 2.55. The Hall–Kier alpha value is -1.03. The third-order valence-corrected chi connectivity index (χ3v) is 4.22. The van der Waals surface area contributed by atoms with Gasteiger partial charge in [0.25, 0.3) is 0 Å². The van der Waals surface area contributed by atoms with E-state index in [0.29, 0.717) is 0 Å². The summed E-state index contributed by atoms with van der Waals surface area (Å²) in [6, 6.07) is 7.86. The molecule has 0 amide bonds. The van der Waals surface area contributed by atoms with Crippen LogP contribution in [0.5, 0.6) is 0 Å². The minimum Gasteiger partial charge on any atom is -0.467 e. The van der Waals surface area contributed by atoms with E-state index in [0.717, 1.165) is 35.8 Å². The molecular formula is C14H18BrNO2. The largest absolute Gasteiger partial charge is 0.467 e. The van der Waals surface area contributed by atoms with Crippen molar-refractivity contribution in [3.8, 4) is 0 Å². The molecule has 0 bridgehead atoms. The van der Waals surface area contributed by atoms with Crippen molar-refractivity contribution in [1.29, 1.82) is 0 Å². The van der Waals surface area contributed by atoms with Crippen molar-refractivity contribution in [3.05, 3.63) is 28.7 Å². The lowest BCUT2D eigenvalue weighted by Gasteiger charge is -2.36. The second-order valence-electron chi connectivity index (χ2n) is 4.74. The lowest BCUT2D eigenvalue weighted by molar-refractivity contribution is -0.147. The van der Waals surface area contributed by atoms with Gasteiger partial charge in [0, 0.05) is 10.2 Å². The van der Waals surface area contributed by atoms with E-state index in [1.807, 2.05) is 24.3 Å². The highest BCUT2D eigenvalue weighted by atomic mass is 79.9. The number of benzene rings is 1. The Labute approximate surface area is 116 Å². The Bertz CT molecular complexity index is 428. The smallest absolute Gasteiger partial charge is 0.331 e. The number of ether oxygens (including phenoxy) is 1. The van der Waals surface area contributed by atoms with Crippen molar-refractivity contribution in [1.82, 2.24) is 0 Å². The molecule has 0 spiro atoms. The quantitative estimate of drug-likeness (QED) is 0.864. The van der Waals surface area contributed by atoms with Crippen molar-refractivity contribution in [2.45, 2.75) is 37.6 Å². The standard InChI is InChI=1S/C14H18BrNO2/c1-18-13(17)14(9-5-2-6-10-14)16-12-8-4-3-7-11(12)15/h3-4,7-8,16H,2,5-6,9-10H2,1H3. The van der Waals surface area contributed by atoms with Crippen LogP contribution >= 0.6 is 15.9 Å². The molecule has 1 aliphatic rings. The molecule has 0 aliphatic heterocycles. The van der Waals surface area contributed by atoms with Crippen LogP contribution in [-0.2, 0) is 9.53 Å². The third kappa shape index (κ3) is 2.69. The molecular weight excluding hydrogens is 294 g/mol. The maximum Gasteiger partial charge on any atom is 0.331 e. The van der Waals surface area contributed by atoms with Crippen LogP contribution in [0.25, 0.3) is 0 Å². The molecule has 0 heterocycles. The number of anilines is 1. The van der Waals surface area contributed by atoms with Crippen LogP contribution in [0.3, 0.4) is 0 Å². The first kappa shape index (κ1) is 13.4. The molecule has 0 aromatic heterocycles. The molecule has 2 rings (SSSR count). The van der Waals surface area contributed by atoms with Gasteiger partial charge >= 0.3 is 5.97 Å². The SMILES string of the molecule is COC(=O)C1(Nc2ccccc2Br)CCCCC1. The summed E-state index contributed by atoms with van der Waals surface area (Å²) in [6.07, 6.45) is 4.98. The van der Waals surface area contributed by atoms with E-state index in [9.17, 15) is 4.79 Å². The highest BCUT2D eigenvalue weighted by Gasteiger charge is 2.40. The maximum atomic E-state index is 12.1. The van der Waals surface area contributed by atoms with Gasteiger partial charge in [0.15, 0.2) is 0 Å². The first-order chi connectivity index (χ1) is 8.68. The molecule has 0 radical (unpaired) electrons. The predicted molar refractivity (Wildman–Crippen MR) is 75.6 cm³/mol. The Morgan fingerprint density at radius 1 is 1.28 bits per heavy atom. The highest BCUT2D eigenvalue weighted by Crippen LogP contribution is 2.34. The number of carbonyl (C=O) groups is 1. The summed E-state index contributed by atoms with van der Waals surface area (Å²) >= 11 is 3.50. The minimum absolute atomic E-state index is 0.155. The van der Waals surface area contributed by atoms with Crippen LogP contribution in [0.4, 0.5) is 5.69 Å². The van der Waals surface area contributed by atoms with Gasteiger partial charge in [-0.3, -0.25) is 0 Å². The molecule has 0 saturated heterocycles. The highest BCUT2D eigenvalue weighted by molar-refractivity contribution is 9.10. The van der Waals surface area contributed by atoms with Gasteiger partial charge in [0.05, 0.1) is 7.11 Å². The fourth-order valence-corrected chi connectivity index (χ4v) is 2.94. The molecule has 3 nitrogen and oxygen atoms in total. The van der Waals surface area contributed by atoms with Crippen molar-refractivity contribution in [2.24, 2.45) is 0 Å². The van der Waals surface area contributed by atoms with E-state index in [4.69, 9.17) is 4.74 Å². The summed E-state index contributed by atoms with van der Waals surface area (Å²) in [7, 11) is 1.46. The van der Waals surface area contributed by atoms with E-state index < -0.39 is 5.54 Å². The van der Waals surface area contributed by atoms with Crippen LogP contribution in [0.15, 0.2) is 28.7 Å². The van der Waals surface area contributed by atoms with Crippen molar-refractivity contribution in [3.63, 3.8) is 0 Å². The zero-order valence-corrected chi connectivity index (χ0v) is 12.1. The topological polar surface area (TPSA) is 38.3 Å². The summed E-state index contributed by atoms with van der Waals surface area (Å²) in [5.74, 6) is -0.155. The van der Waals surface area contributed by atoms with Crippen molar-refractivity contribution >= 4 is 27.6 Å². The summed E-state index contributed by atoms with van der Waals surface area (Å²) in [4.78, 5) is 12.1. The molecule has 1 aromatic rings. The number of para-hydroxylation sites is 1. The molecule has 4 heteroatoms. The monoisotopic (exact) mass is 311 g/mol. The lowest BCUT2D eigenvalue weighted by atomic mass is 9.81. The lowest BCUT2D eigenvalue weighted by Crippen LogP contribution is -2.48. The summed E-state index contributed by atoms with van der Waals surface area (Å²) < 4.78 is 5.96. The van der Waals surface area contributed by atoms with Crippen LogP contribution in [-0.4, -0.2) is 18.6 Å². The Morgan fingerprint density at radius 3 is 2.56 bits per heavy atom. The van der Waals surface area contributed by atoms with Gasteiger partial charge in [0.2, 0.25) is 0 Å². The zero-order valence-electron chi connectivity index (χ0n) is 10.5. The number of hydrogen-bond acceptors (Lipinski definition) is 3. The number of rotatable bonds is 3. The van der Waals surface area contributed by atoms with Gasteiger partial charge in [-0.1, -0.05) is 31.4 Å². The van der Waals surface area contributed by atoms with Gasteiger partial charge in [-0.05, 0) is 40.9 Å². The van der Waals surface area contributed by atoms with Crippen LogP contribution in [0.2, 0.25) is 0 Å². The molecule has 1 N–H and O–H groups in total. The van der Waals surface area contributed by atoms with Crippen molar-refractivity contribution < 1.29 is 9.53 Å². The molecule has 18 heavy (non-hydrogen) atoms. The minimum atomic E-state index is -0.559. The Balaban J connectivity index is 2.25. The van der Waals surface area contributed by atoms with Crippen molar-refractivity contribution in [2.75, 3.05) is 12.4 Å². The van der Waals surface area contributed by atoms with E-state index >= 15 is 0 Å². The number of nitrogens with one attached hydrogen (secondary N) is 1. The van der Waals surface area contributed by atoms with Gasteiger partial charge < -0.3 is 10.1 Å². The molecule has 1 aliphatic carbocycles. The molecule has 1 fully saturated rings. The number of methoxy groups -OCH3 is 1. The van der Waals surface area contributed by atoms with Crippen LogP contribution in [0.1, 0.15) is 32.1 Å². The first-order valence-electron chi connectivity index (χ1n) is 6.29. The molecule has 0 atom stereocenters. The summed E-state index contributed by atoms with van der Waals surface area (Å²) in [5, 5.41) is 3.39. The molecule has 1 saturated carbocycles. The van der Waals surface area contributed by atoms with Gasteiger partial charge in [-0.2, -0.15) is 0 Å². The number of carbonyl (C=O) groups excluding carboxylic acids is 1. The summed E-state index contributed by atoms with van der Waals surface area (Å²) in [6.45, 7) is 0. The average Bonchev–Trinajstić information content (AvgIpc) is 2.41. The van der Waals surface area contributed by atoms with E-state index in [2.05, 4.69) is 21.2 Å².